The number of unbranched alkanes of at least 4 members (excludes halogenated alkanes) is 3. The summed E-state index contributed by atoms with van der Waals surface area (Å²) in [6.07, 6.45) is 4.60. The van der Waals surface area contributed by atoms with Crippen molar-refractivity contribution >= 4 is 11.9 Å². The smallest absolute Gasteiger partial charge is 0.337 e. The number of hydrogen-bond acceptors (Lipinski definition) is 3. The molecule has 22 heavy (non-hydrogen) atoms. The van der Waals surface area contributed by atoms with E-state index in [1.54, 1.807) is 12.1 Å². The van der Waals surface area contributed by atoms with E-state index in [0.29, 0.717) is 17.7 Å². The normalized spacial score (nSPS) is 12.5. The topological polar surface area (TPSA) is 46.6 Å². The number of amides is 1. The fraction of sp³-hybridized carbons (Fsp3) is 0.556. The Morgan fingerprint density at radius 3 is 2.59 bits per heavy atom. The van der Waals surface area contributed by atoms with E-state index >= 15 is 0 Å². The Labute approximate surface area is 133 Å². The van der Waals surface area contributed by atoms with Crippen LogP contribution in [0.1, 0.15) is 72.7 Å². The van der Waals surface area contributed by atoms with E-state index in [4.69, 9.17) is 0 Å². The van der Waals surface area contributed by atoms with Crippen LogP contribution in [0.4, 0.5) is 0 Å². The largest absolute Gasteiger partial charge is 0.465 e. The maximum atomic E-state index is 12.3. The molecular weight excluding hydrogens is 278 g/mol. The van der Waals surface area contributed by atoms with Crippen molar-refractivity contribution in [2.45, 2.75) is 53.0 Å². The summed E-state index contributed by atoms with van der Waals surface area (Å²) in [4.78, 5) is 25.7. The lowest BCUT2D eigenvalue weighted by atomic mass is 10.1. The summed E-state index contributed by atoms with van der Waals surface area (Å²) in [6.45, 7) is 7.62. The lowest BCUT2D eigenvalue weighted by Gasteiger charge is -2.14. The van der Waals surface area contributed by atoms with E-state index in [9.17, 15) is 9.59 Å². The predicted octanol–water partition coefficient (Wildman–Crippen LogP) is 4.04. The van der Waals surface area contributed by atoms with Crippen molar-refractivity contribution in [2.75, 3.05) is 13.7 Å². The fourth-order valence-electron chi connectivity index (χ4n) is 2.52. The van der Waals surface area contributed by atoms with Crippen LogP contribution in [0.15, 0.2) is 18.2 Å². The van der Waals surface area contributed by atoms with Gasteiger partial charge in [0.2, 0.25) is 0 Å². The molecule has 4 heteroatoms. The minimum absolute atomic E-state index is 0.0299. The van der Waals surface area contributed by atoms with Crippen LogP contribution in [0.5, 0.6) is 0 Å². The molecule has 0 radical (unpaired) electrons. The van der Waals surface area contributed by atoms with Crippen molar-refractivity contribution < 1.29 is 14.3 Å². The zero-order valence-electron chi connectivity index (χ0n) is 14.1. The van der Waals surface area contributed by atoms with Gasteiger partial charge in [0.1, 0.15) is 0 Å². The molecule has 122 valence electrons. The van der Waals surface area contributed by atoms with Crippen LogP contribution in [-0.4, -0.2) is 30.4 Å². The van der Waals surface area contributed by atoms with E-state index in [1.165, 1.54) is 20.0 Å². The van der Waals surface area contributed by atoms with Gasteiger partial charge in [-0.05, 0) is 24.1 Å². The van der Waals surface area contributed by atoms with Crippen molar-refractivity contribution in [1.82, 2.24) is 4.90 Å². The predicted molar refractivity (Wildman–Crippen MR) is 88.0 cm³/mol. The Balaban J connectivity index is 0.00000116. The monoisotopic (exact) mass is 305 g/mol. The Bertz CT molecular complexity index is 511. The minimum atomic E-state index is -0.401. The van der Waals surface area contributed by atoms with Gasteiger partial charge >= 0.3 is 5.97 Å². The molecule has 2 rings (SSSR count). The zero-order chi connectivity index (χ0) is 16.5. The molecule has 1 aromatic carbocycles. The highest BCUT2D eigenvalue weighted by atomic mass is 16.5. The molecule has 0 N–H and O–H groups in total. The highest BCUT2D eigenvalue weighted by molar-refractivity contribution is 6.01. The SMILES string of the molecule is CC.CCCCCCN1Cc2ccc(C(=O)OC)cc2C1=O. The van der Waals surface area contributed by atoms with Crippen molar-refractivity contribution in [3.63, 3.8) is 0 Å². The van der Waals surface area contributed by atoms with Gasteiger partial charge < -0.3 is 9.64 Å². The first-order chi connectivity index (χ1) is 10.7. The van der Waals surface area contributed by atoms with Crippen LogP contribution < -0.4 is 0 Å². The maximum Gasteiger partial charge on any atom is 0.337 e. The summed E-state index contributed by atoms with van der Waals surface area (Å²) in [5.41, 5.74) is 2.08. The lowest BCUT2D eigenvalue weighted by molar-refractivity contribution is 0.0600. The van der Waals surface area contributed by atoms with Crippen LogP contribution in [0.25, 0.3) is 0 Å². The number of ether oxygens (including phenoxy) is 1. The third-order valence-electron chi connectivity index (χ3n) is 3.69. The molecular formula is C18H27NO3. The Kier molecular flexibility index (Phi) is 7.64. The molecule has 0 spiro atoms. The van der Waals surface area contributed by atoms with E-state index in [1.807, 2.05) is 24.8 Å². The third-order valence-corrected chi connectivity index (χ3v) is 3.69. The number of carbonyl (C=O) groups is 2. The van der Waals surface area contributed by atoms with Gasteiger partial charge in [-0.3, -0.25) is 4.79 Å². The van der Waals surface area contributed by atoms with E-state index in [0.717, 1.165) is 24.9 Å². The molecule has 1 aliphatic rings. The van der Waals surface area contributed by atoms with Crippen LogP contribution in [0, 0.1) is 0 Å². The van der Waals surface area contributed by atoms with E-state index in [-0.39, 0.29) is 5.91 Å². The Morgan fingerprint density at radius 1 is 1.23 bits per heavy atom. The molecule has 0 aromatic heterocycles. The van der Waals surface area contributed by atoms with Gasteiger partial charge in [-0.1, -0.05) is 46.1 Å². The molecule has 0 saturated carbocycles. The van der Waals surface area contributed by atoms with Crippen molar-refractivity contribution in [3.8, 4) is 0 Å². The van der Waals surface area contributed by atoms with E-state index in [2.05, 4.69) is 11.7 Å². The molecule has 0 fully saturated rings. The molecule has 0 bridgehead atoms. The van der Waals surface area contributed by atoms with Gasteiger partial charge in [0.05, 0.1) is 12.7 Å². The van der Waals surface area contributed by atoms with Crippen molar-refractivity contribution in [1.29, 1.82) is 0 Å². The van der Waals surface area contributed by atoms with Crippen molar-refractivity contribution in [3.05, 3.63) is 34.9 Å². The van der Waals surface area contributed by atoms with Gasteiger partial charge in [-0.15, -0.1) is 0 Å². The molecule has 0 unspecified atom stereocenters. The lowest BCUT2D eigenvalue weighted by Crippen LogP contribution is -2.25. The first-order valence-electron chi connectivity index (χ1n) is 8.18. The van der Waals surface area contributed by atoms with E-state index < -0.39 is 5.97 Å². The maximum absolute atomic E-state index is 12.3. The summed E-state index contributed by atoms with van der Waals surface area (Å²) >= 11 is 0. The van der Waals surface area contributed by atoms with Gasteiger partial charge in [0.15, 0.2) is 0 Å². The van der Waals surface area contributed by atoms with Gasteiger partial charge in [0.25, 0.3) is 5.91 Å². The first kappa shape index (κ1) is 18.2. The standard InChI is InChI=1S/C16H21NO3.C2H6/c1-3-4-5-6-9-17-11-13-8-7-12(16(19)20-2)10-14(13)15(17)18;1-2/h7-8,10H,3-6,9,11H2,1-2H3;1-2H3. The first-order valence-corrected chi connectivity index (χ1v) is 8.18. The second-order valence-electron chi connectivity index (χ2n) is 5.15. The number of fused-ring (bicyclic) bond motifs is 1. The average molecular weight is 305 g/mol. The number of methoxy groups -OCH3 is 1. The highest BCUT2D eigenvalue weighted by Gasteiger charge is 2.27. The number of carbonyl (C=O) groups excluding carboxylic acids is 2. The average Bonchev–Trinajstić information content (AvgIpc) is 2.88. The van der Waals surface area contributed by atoms with Gasteiger partial charge in [0, 0.05) is 18.7 Å². The summed E-state index contributed by atoms with van der Waals surface area (Å²) in [5, 5.41) is 0. The zero-order valence-corrected chi connectivity index (χ0v) is 14.1. The van der Waals surface area contributed by atoms with Gasteiger partial charge in [-0.2, -0.15) is 0 Å². The van der Waals surface area contributed by atoms with Crippen LogP contribution >= 0.6 is 0 Å². The summed E-state index contributed by atoms with van der Waals surface area (Å²) < 4.78 is 4.69. The number of hydrogen-bond donors (Lipinski definition) is 0. The molecule has 1 aliphatic heterocycles. The second kappa shape index (κ2) is 9.23. The fourth-order valence-corrected chi connectivity index (χ4v) is 2.52. The molecule has 0 aliphatic carbocycles. The number of esters is 1. The highest BCUT2D eigenvalue weighted by Crippen LogP contribution is 2.24. The number of rotatable bonds is 6. The Morgan fingerprint density at radius 2 is 1.95 bits per heavy atom. The second-order valence-corrected chi connectivity index (χ2v) is 5.15. The van der Waals surface area contributed by atoms with Crippen LogP contribution in [0.2, 0.25) is 0 Å². The molecule has 0 atom stereocenters. The molecule has 0 saturated heterocycles. The minimum Gasteiger partial charge on any atom is -0.465 e. The summed E-state index contributed by atoms with van der Waals surface area (Å²) in [6, 6.07) is 5.22. The molecule has 4 nitrogen and oxygen atoms in total. The number of nitrogens with zero attached hydrogens (tertiary/aromatic N) is 1. The van der Waals surface area contributed by atoms with Crippen LogP contribution in [0.3, 0.4) is 0 Å². The molecule has 1 amide bonds. The Hall–Kier alpha value is -1.84. The third kappa shape index (κ3) is 4.33. The number of benzene rings is 1. The van der Waals surface area contributed by atoms with Gasteiger partial charge in [-0.25, -0.2) is 4.79 Å². The summed E-state index contributed by atoms with van der Waals surface area (Å²) in [7, 11) is 1.34. The molecule has 1 heterocycles. The van der Waals surface area contributed by atoms with Crippen molar-refractivity contribution in [2.24, 2.45) is 0 Å². The quantitative estimate of drug-likeness (QED) is 0.588. The molecule has 1 aromatic rings. The van der Waals surface area contributed by atoms with Crippen LogP contribution in [-0.2, 0) is 11.3 Å². The summed E-state index contributed by atoms with van der Waals surface area (Å²) in [5.74, 6) is -0.371.